The second-order valence-corrected chi connectivity index (χ2v) is 5.57. The lowest BCUT2D eigenvalue weighted by atomic mass is 9.66. The smallest absolute Gasteiger partial charge is 0.0663 e. The molecule has 1 aliphatic carbocycles. The van der Waals surface area contributed by atoms with Crippen LogP contribution in [0.1, 0.15) is 39.0 Å². The summed E-state index contributed by atoms with van der Waals surface area (Å²) < 4.78 is 5.52. The summed E-state index contributed by atoms with van der Waals surface area (Å²) in [7, 11) is 0. The van der Waals surface area contributed by atoms with Crippen molar-refractivity contribution in [1.29, 1.82) is 0 Å². The maximum atomic E-state index is 6.11. The summed E-state index contributed by atoms with van der Waals surface area (Å²) in [6, 6.07) is 0.0939. The van der Waals surface area contributed by atoms with Crippen LogP contribution in [0.3, 0.4) is 0 Å². The van der Waals surface area contributed by atoms with E-state index in [1.807, 2.05) is 6.92 Å². The van der Waals surface area contributed by atoms with Gasteiger partial charge in [-0.05, 0) is 38.0 Å². The molecule has 2 rings (SSSR count). The molecule has 0 aromatic rings. The molecule has 0 radical (unpaired) electrons. The lowest BCUT2D eigenvalue weighted by Gasteiger charge is -2.49. The number of terminal acetylenes is 1. The van der Waals surface area contributed by atoms with Crippen molar-refractivity contribution in [2.75, 3.05) is 19.8 Å². The third-order valence-corrected chi connectivity index (χ3v) is 4.82. The number of ether oxygens (including phenoxy) is 1. The molecule has 2 atom stereocenters. The Bertz CT molecular complexity index is 304. The van der Waals surface area contributed by atoms with Crippen molar-refractivity contribution in [2.45, 2.75) is 50.6 Å². The molecule has 3 nitrogen and oxygen atoms in total. The zero-order chi connectivity index (χ0) is 12.4. The Kier molecular flexibility index (Phi) is 3.77. The second kappa shape index (κ2) is 4.97. The standard InChI is InChI=1S/C14H24N2O/c1-3-12(2)16-14(11-15)6-4-5-13(14)7-9-17-10-8-13/h1,12,16H,4-11,15H2,2H3. The summed E-state index contributed by atoms with van der Waals surface area (Å²) in [5.74, 6) is 2.77. The number of nitrogens with one attached hydrogen (secondary N) is 1. The van der Waals surface area contributed by atoms with Crippen LogP contribution in [-0.4, -0.2) is 31.3 Å². The van der Waals surface area contributed by atoms with Crippen molar-refractivity contribution in [3.63, 3.8) is 0 Å². The molecule has 0 aromatic heterocycles. The van der Waals surface area contributed by atoms with Gasteiger partial charge in [-0.3, -0.25) is 5.32 Å². The fourth-order valence-corrected chi connectivity index (χ4v) is 3.78. The van der Waals surface area contributed by atoms with Crippen LogP contribution in [0, 0.1) is 17.8 Å². The van der Waals surface area contributed by atoms with Crippen LogP contribution >= 0.6 is 0 Å². The number of hydrogen-bond acceptors (Lipinski definition) is 3. The number of rotatable bonds is 3. The van der Waals surface area contributed by atoms with E-state index in [0.29, 0.717) is 12.0 Å². The van der Waals surface area contributed by atoms with Crippen LogP contribution in [-0.2, 0) is 4.74 Å². The average molecular weight is 236 g/mol. The zero-order valence-corrected chi connectivity index (χ0v) is 10.8. The number of hydrogen-bond donors (Lipinski definition) is 2. The van der Waals surface area contributed by atoms with Crippen molar-refractivity contribution < 1.29 is 4.74 Å². The molecule has 1 spiro atoms. The van der Waals surface area contributed by atoms with E-state index in [4.69, 9.17) is 16.9 Å². The van der Waals surface area contributed by atoms with Crippen molar-refractivity contribution in [2.24, 2.45) is 11.1 Å². The summed E-state index contributed by atoms with van der Waals surface area (Å²) in [5, 5.41) is 3.64. The van der Waals surface area contributed by atoms with Gasteiger partial charge in [0.25, 0.3) is 0 Å². The number of nitrogens with two attached hydrogens (primary N) is 1. The van der Waals surface area contributed by atoms with E-state index < -0.39 is 0 Å². The minimum atomic E-state index is 0.0303. The summed E-state index contributed by atoms with van der Waals surface area (Å²) in [6.45, 7) is 4.46. The van der Waals surface area contributed by atoms with E-state index in [9.17, 15) is 0 Å². The topological polar surface area (TPSA) is 47.3 Å². The van der Waals surface area contributed by atoms with E-state index in [2.05, 4.69) is 11.2 Å². The van der Waals surface area contributed by atoms with Gasteiger partial charge in [0.2, 0.25) is 0 Å². The lowest BCUT2D eigenvalue weighted by Crippen LogP contribution is -2.63. The first kappa shape index (κ1) is 12.9. The van der Waals surface area contributed by atoms with Crippen molar-refractivity contribution >= 4 is 0 Å². The fraction of sp³-hybridized carbons (Fsp3) is 0.857. The minimum Gasteiger partial charge on any atom is -0.381 e. The highest BCUT2D eigenvalue weighted by atomic mass is 16.5. The maximum Gasteiger partial charge on any atom is 0.0663 e. The first-order valence-electron chi connectivity index (χ1n) is 6.70. The van der Waals surface area contributed by atoms with Crippen LogP contribution in [0.15, 0.2) is 0 Å². The van der Waals surface area contributed by atoms with E-state index in [-0.39, 0.29) is 11.6 Å². The predicted molar refractivity (Wildman–Crippen MR) is 69.6 cm³/mol. The molecule has 3 N–H and O–H groups in total. The highest BCUT2D eigenvalue weighted by Crippen LogP contribution is 2.52. The van der Waals surface area contributed by atoms with Gasteiger partial charge in [-0.2, -0.15) is 0 Å². The Labute approximate surface area is 104 Å². The van der Waals surface area contributed by atoms with Crippen LogP contribution in [0.2, 0.25) is 0 Å². The van der Waals surface area contributed by atoms with E-state index in [0.717, 1.165) is 32.5 Å². The molecule has 0 aromatic carbocycles. The van der Waals surface area contributed by atoms with Gasteiger partial charge >= 0.3 is 0 Å². The van der Waals surface area contributed by atoms with Gasteiger partial charge < -0.3 is 10.5 Å². The molecular formula is C14H24N2O. The van der Waals surface area contributed by atoms with Crippen molar-refractivity contribution in [3.05, 3.63) is 0 Å². The highest BCUT2D eigenvalue weighted by Gasteiger charge is 2.54. The average Bonchev–Trinajstić information content (AvgIpc) is 2.69. The Morgan fingerprint density at radius 2 is 2.06 bits per heavy atom. The van der Waals surface area contributed by atoms with E-state index >= 15 is 0 Å². The normalized spacial score (nSPS) is 33.5. The van der Waals surface area contributed by atoms with Crippen molar-refractivity contribution in [3.8, 4) is 12.3 Å². The van der Waals surface area contributed by atoms with Crippen LogP contribution in [0.25, 0.3) is 0 Å². The third-order valence-electron chi connectivity index (χ3n) is 4.82. The molecule has 1 saturated heterocycles. The Balaban J connectivity index is 2.21. The van der Waals surface area contributed by atoms with Crippen LogP contribution in [0.5, 0.6) is 0 Å². The summed E-state index contributed by atoms with van der Waals surface area (Å²) in [6.07, 6.45) is 11.4. The fourth-order valence-electron chi connectivity index (χ4n) is 3.78. The van der Waals surface area contributed by atoms with Gasteiger partial charge in [-0.15, -0.1) is 6.42 Å². The van der Waals surface area contributed by atoms with Gasteiger partial charge in [0.1, 0.15) is 0 Å². The van der Waals surface area contributed by atoms with E-state index in [1.54, 1.807) is 0 Å². The van der Waals surface area contributed by atoms with Gasteiger partial charge in [0, 0.05) is 25.3 Å². The van der Waals surface area contributed by atoms with Gasteiger partial charge in [-0.25, -0.2) is 0 Å². The monoisotopic (exact) mass is 236 g/mol. The van der Waals surface area contributed by atoms with E-state index in [1.165, 1.54) is 12.8 Å². The molecule has 1 saturated carbocycles. The summed E-state index contributed by atoms with van der Waals surface area (Å²) in [4.78, 5) is 0. The molecule has 2 aliphatic rings. The molecule has 17 heavy (non-hydrogen) atoms. The minimum absolute atomic E-state index is 0.0303. The molecular weight excluding hydrogens is 212 g/mol. The zero-order valence-electron chi connectivity index (χ0n) is 10.8. The predicted octanol–water partition coefficient (Wildman–Crippen LogP) is 1.28. The highest BCUT2D eigenvalue weighted by molar-refractivity contribution is 5.13. The first-order chi connectivity index (χ1) is 8.18. The molecule has 2 unspecified atom stereocenters. The molecule has 0 bridgehead atoms. The Morgan fingerprint density at radius 1 is 1.35 bits per heavy atom. The molecule has 0 amide bonds. The SMILES string of the molecule is C#CC(C)NC1(CN)CCCC12CCOCC2. The molecule has 3 heteroatoms. The van der Waals surface area contributed by atoms with Crippen LogP contribution < -0.4 is 11.1 Å². The Hall–Kier alpha value is -0.560. The van der Waals surface area contributed by atoms with Gasteiger partial charge in [0.15, 0.2) is 0 Å². The Morgan fingerprint density at radius 3 is 2.65 bits per heavy atom. The third kappa shape index (κ3) is 2.10. The molecule has 1 aliphatic heterocycles. The van der Waals surface area contributed by atoms with Crippen LogP contribution in [0.4, 0.5) is 0 Å². The maximum absolute atomic E-state index is 6.11. The second-order valence-electron chi connectivity index (χ2n) is 5.57. The summed E-state index contributed by atoms with van der Waals surface area (Å²) in [5.41, 5.74) is 6.45. The molecule has 2 fully saturated rings. The van der Waals surface area contributed by atoms with Crippen molar-refractivity contribution in [1.82, 2.24) is 5.32 Å². The quantitative estimate of drug-likeness (QED) is 0.726. The first-order valence-corrected chi connectivity index (χ1v) is 6.70. The molecule has 96 valence electrons. The summed E-state index contributed by atoms with van der Waals surface area (Å²) >= 11 is 0. The van der Waals surface area contributed by atoms with Gasteiger partial charge in [0.05, 0.1) is 6.04 Å². The largest absolute Gasteiger partial charge is 0.381 e. The molecule has 1 heterocycles. The van der Waals surface area contributed by atoms with Gasteiger partial charge in [-0.1, -0.05) is 12.3 Å². The lowest BCUT2D eigenvalue weighted by molar-refractivity contribution is -0.0263.